The van der Waals surface area contributed by atoms with E-state index in [-0.39, 0.29) is 16.3 Å². The van der Waals surface area contributed by atoms with Gasteiger partial charge in [-0.15, -0.1) is 0 Å². The van der Waals surface area contributed by atoms with E-state index in [9.17, 15) is 26.4 Å². The summed E-state index contributed by atoms with van der Waals surface area (Å²) < 4.78 is 64.3. The molecule has 158 valence electrons. The Labute approximate surface area is 175 Å². The molecule has 1 heterocycles. The number of alkyl halides is 3. The standard InChI is InChI=1S/C19H16F3N3O3S2/c1-11(16(26)12-7-9-13(10-8-12)25-30(2,27)28)29-17-14-5-3-4-6-15(14)23-18(24-17)19(20,21)22/h3-11,25H,1-2H3/t11-/m0/s1. The number of hydrogen-bond acceptors (Lipinski definition) is 6. The quantitative estimate of drug-likeness (QED) is 0.337. The number of carbonyl (C=O) groups excluding carboxylic acids is 1. The van der Waals surface area contributed by atoms with E-state index in [0.717, 1.165) is 18.0 Å². The van der Waals surface area contributed by atoms with E-state index in [0.29, 0.717) is 16.6 Å². The van der Waals surface area contributed by atoms with Gasteiger partial charge in [0.05, 0.1) is 17.0 Å². The molecule has 0 fully saturated rings. The fraction of sp³-hybridized carbons (Fsp3) is 0.211. The maximum Gasteiger partial charge on any atom is 0.451 e. The van der Waals surface area contributed by atoms with Crippen molar-refractivity contribution in [2.24, 2.45) is 0 Å². The van der Waals surface area contributed by atoms with E-state index in [4.69, 9.17) is 0 Å². The third-order valence-electron chi connectivity index (χ3n) is 3.95. The number of nitrogens with one attached hydrogen (secondary N) is 1. The van der Waals surface area contributed by atoms with E-state index < -0.39 is 27.3 Å². The van der Waals surface area contributed by atoms with E-state index in [1.807, 2.05) is 0 Å². The molecule has 0 amide bonds. The second kappa shape index (κ2) is 8.23. The van der Waals surface area contributed by atoms with Crippen molar-refractivity contribution in [3.8, 4) is 0 Å². The number of halogens is 3. The van der Waals surface area contributed by atoms with Gasteiger partial charge in [-0.05, 0) is 37.3 Å². The van der Waals surface area contributed by atoms with Crippen molar-refractivity contribution >= 4 is 44.2 Å². The third kappa shape index (κ3) is 5.28. The van der Waals surface area contributed by atoms with Crippen molar-refractivity contribution < 1.29 is 26.4 Å². The molecule has 11 heteroatoms. The van der Waals surface area contributed by atoms with Crippen LogP contribution in [0.5, 0.6) is 0 Å². The zero-order valence-corrected chi connectivity index (χ0v) is 17.4. The first kappa shape index (κ1) is 22.0. The fourth-order valence-electron chi connectivity index (χ4n) is 2.64. The van der Waals surface area contributed by atoms with Gasteiger partial charge in [0.2, 0.25) is 15.8 Å². The molecule has 0 saturated carbocycles. The number of aromatic nitrogens is 2. The molecule has 0 aliphatic rings. The van der Waals surface area contributed by atoms with Crippen molar-refractivity contribution in [1.82, 2.24) is 9.97 Å². The third-order valence-corrected chi connectivity index (χ3v) is 5.66. The molecule has 3 aromatic rings. The lowest BCUT2D eigenvalue weighted by Crippen LogP contribution is -2.16. The highest BCUT2D eigenvalue weighted by molar-refractivity contribution is 8.00. The zero-order valence-electron chi connectivity index (χ0n) is 15.8. The minimum atomic E-state index is -4.71. The smallest absolute Gasteiger partial charge is 0.293 e. The van der Waals surface area contributed by atoms with Crippen LogP contribution in [-0.2, 0) is 16.2 Å². The maximum absolute atomic E-state index is 13.2. The molecule has 0 saturated heterocycles. The molecule has 30 heavy (non-hydrogen) atoms. The van der Waals surface area contributed by atoms with E-state index in [2.05, 4.69) is 14.7 Å². The number of thioether (sulfide) groups is 1. The van der Waals surface area contributed by atoms with Gasteiger partial charge in [-0.3, -0.25) is 9.52 Å². The van der Waals surface area contributed by atoms with Crippen molar-refractivity contribution in [2.75, 3.05) is 11.0 Å². The molecule has 0 radical (unpaired) electrons. The predicted octanol–water partition coefficient (Wildman–Crippen LogP) is 4.38. The van der Waals surface area contributed by atoms with Crippen LogP contribution in [0.1, 0.15) is 23.1 Å². The molecule has 6 nitrogen and oxygen atoms in total. The number of para-hydroxylation sites is 1. The molecule has 2 aromatic carbocycles. The summed E-state index contributed by atoms with van der Waals surface area (Å²) in [6.45, 7) is 1.57. The Kier molecular flexibility index (Phi) is 6.04. The highest BCUT2D eigenvalue weighted by atomic mass is 32.2. The minimum absolute atomic E-state index is 0.0594. The SMILES string of the molecule is C[C@H](Sc1nc(C(F)(F)F)nc2ccccc12)C(=O)c1ccc(NS(C)(=O)=O)cc1. The van der Waals surface area contributed by atoms with Crippen LogP contribution in [-0.4, -0.2) is 35.7 Å². The second-order valence-electron chi connectivity index (χ2n) is 6.44. The first-order valence-electron chi connectivity index (χ1n) is 8.57. The molecule has 1 N–H and O–H groups in total. The average molecular weight is 455 g/mol. The highest BCUT2D eigenvalue weighted by Crippen LogP contribution is 2.34. The number of fused-ring (bicyclic) bond motifs is 1. The van der Waals surface area contributed by atoms with Gasteiger partial charge in [0.25, 0.3) is 0 Å². The molecule has 1 aromatic heterocycles. The Morgan fingerprint density at radius 3 is 2.30 bits per heavy atom. The number of sulfonamides is 1. The summed E-state index contributed by atoms with van der Waals surface area (Å²) in [5.41, 5.74) is 0.729. The van der Waals surface area contributed by atoms with Gasteiger partial charge >= 0.3 is 6.18 Å². The number of hydrogen-bond donors (Lipinski definition) is 1. The molecular formula is C19H16F3N3O3S2. The van der Waals surface area contributed by atoms with Crippen LogP contribution >= 0.6 is 11.8 Å². The van der Waals surface area contributed by atoms with Gasteiger partial charge in [-0.1, -0.05) is 30.0 Å². The summed E-state index contributed by atoms with van der Waals surface area (Å²) in [6.07, 6.45) is -3.71. The Balaban J connectivity index is 1.87. The molecule has 0 aliphatic heterocycles. The van der Waals surface area contributed by atoms with Crippen molar-refractivity contribution in [3.05, 3.63) is 59.9 Å². The van der Waals surface area contributed by atoms with Crippen LogP contribution in [0.15, 0.2) is 53.6 Å². The summed E-state index contributed by atoms with van der Waals surface area (Å²) in [5.74, 6) is -1.60. The van der Waals surface area contributed by atoms with E-state index >= 15 is 0 Å². The van der Waals surface area contributed by atoms with Crippen LogP contribution in [0.2, 0.25) is 0 Å². The van der Waals surface area contributed by atoms with Crippen LogP contribution in [0.4, 0.5) is 18.9 Å². The Morgan fingerprint density at radius 2 is 1.70 bits per heavy atom. The van der Waals surface area contributed by atoms with Crippen molar-refractivity contribution in [2.45, 2.75) is 23.4 Å². The van der Waals surface area contributed by atoms with Gasteiger partial charge in [-0.2, -0.15) is 13.2 Å². The first-order chi connectivity index (χ1) is 13.9. The second-order valence-corrected chi connectivity index (χ2v) is 9.52. The molecule has 1 atom stereocenters. The Hall–Kier alpha value is -2.66. The maximum atomic E-state index is 13.2. The molecular weight excluding hydrogens is 439 g/mol. The molecule has 0 aliphatic carbocycles. The number of rotatable bonds is 6. The van der Waals surface area contributed by atoms with Crippen LogP contribution < -0.4 is 4.72 Å². The first-order valence-corrected chi connectivity index (χ1v) is 11.3. The zero-order chi connectivity index (χ0) is 22.1. The van der Waals surface area contributed by atoms with Crippen molar-refractivity contribution in [3.63, 3.8) is 0 Å². The lowest BCUT2D eigenvalue weighted by molar-refractivity contribution is -0.145. The average Bonchev–Trinajstić information content (AvgIpc) is 2.66. The fourth-order valence-corrected chi connectivity index (χ4v) is 4.22. The summed E-state index contributed by atoms with van der Waals surface area (Å²) in [6, 6.07) is 12.1. The molecule has 3 rings (SSSR count). The van der Waals surface area contributed by atoms with E-state index in [1.54, 1.807) is 25.1 Å². The summed E-state index contributed by atoms with van der Waals surface area (Å²) >= 11 is 0.908. The minimum Gasteiger partial charge on any atom is -0.293 e. The van der Waals surface area contributed by atoms with Crippen LogP contribution in [0.3, 0.4) is 0 Å². The van der Waals surface area contributed by atoms with Crippen LogP contribution in [0, 0.1) is 0 Å². The van der Waals surface area contributed by atoms with Crippen LogP contribution in [0.25, 0.3) is 10.9 Å². The van der Waals surface area contributed by atoms with Gasteiger partial charge < -0.3 is 0 Å². The Bertz CT molecular complexity index is 1200. The molecule has 0 bridgehead atoms. The number of benzene rings is 2. The lowest BCUT2D eigenvalue weighted by atomic mass is 10.1. The normalized spacial score (nSPS) is 13.2. The monoisotopic (exact) mass is 455 g/mol. The predicted molar refractivity (Wildman–Crippen MR) is 109 cm³/mol. The summed E-state index contributed by atoms with van der Waals surface area (Å²) in [4.78, 5) is 19.9. The number of carbonyl (C=O) groups is 1. The highest BCUT2D eigenvalue weighted by Gasteiger charge is 2.36. The molecule has 0 spiro atoms. The summed E-state index contributed by atoms with van der Waals surface area (Å²) in [5, 5.41) is -0.259. The van der Waals surface area contributed by atoms with Crippen molar-refractivity contribution in [1.29, 1.82) is 0 Å². The van der Waals surface area contributed by atoms with E-state index in [1.165, 1.54) is 30.3 Å². The van der Waals surface area contributed by atoms with Gasteiger partial charge in [0.1, 0.15) is 5.03 Å². The number of ketones is 1. The number of nitrogens with zero attached hydrogens (tertiary/aromatic N) is 2. The number of anilines is 1. The van der Waals surface area contributed by atoms with Gasteiger partial charge in [0.15, 0.2) is 5.78 Å². The summed E-state index contributed by atoms with van der Waals surface area (Å²) in [7, 11) is -3.45. The lowest BCUT2D eigenvalue weighted by Gasteiger charge is -2.14. The largest absolute Gasteiger partial charge is 0.451 e. The van der Waals surface area contributed by atoms with Gasteiger partial charge in [0, 0.05) is 16.6 Å². The molecule has 0 unspecified atom stereocenters. The van der Waals surface area contributed by atoms with Gasteiger partial charge in [-0.25, -0.2) is 18.4 Å². The Morgan fingerprint density at radius 1 is 1.07 bits per heavy atom. The number of Topliss-reactive ketones (excluding diaryl/α,β-unsaturated/α-hetero) is 1. The topological polar surface area (TPSA) is 89.0 Å².